The average molecular weight is 352 g/mol. The average Bonchev–Trinajstić information content (AvgIpc) is 3.42. The van der Waals surface area contributed by atoms with E-state index >= 15 is 0 Å². The number of nitrogens with zero attached hydrogens (tertiary/aromatic N) is 1. The van der Waals surface area contributed by atoms with Crippen molar-refractivity contribution in [2.75, 3.05) is 10.6 Å². The van der Waals surface area contributed by atoms with Gasteiger partial charge in [0.1, 0.15) is 5.41 Å². The number of hydrogen-bond donors (Lipinski definition) is 3. The van der Waals surface area contributed by atoms with Crippen LogP contribution in [0, 0.1) is 5.41 Å². The van der Waals surface area contributed by atoms with Gasteiger partial charge in [-0.05, 0) is 43.2 Å². The second-order valence-electron chi connectivity index (χ2n) is 6.30. The van der Waals surface area contributed by atoms with Gasteiger partial charge in [0.25, 0.3) is 0 Å². The van der Waals surface area contributed by atoms with Crippen LogP contribution >= 0.6 is 0 Å². The van der Waals surface area contributed by atoms with Crippen molar-refractivity contribution in [2.45, 2.75) is 26.3 Å². The summed E-state index contributed by atoms with van der Waals surface area (Å²) in [6, 6.07) is 12.3. The lowest BCUT2D eigenvalue weighted by molar-refractivity contribution is -0.134. The SMILES string of the molecule is CC(=O)Nc1cccc(NC(=O)C2(C(=O)NCc3ccccn3)CC2)c1. The Bertz CT molecular complexity index is 832. The Morgan fingerprint density at radius 1 is 1.00 bits per heavy atom. The minimum Gasteiger partial charge on any atom is -0.350 e. The number of anilines is 2. The van der Waals surface area contributed by atoms with Crippen LogP contribution in [0.5, 0.6) is 0 Å². The molecule has 1 heterocycles. The van der Waals surface area contributed by atoms with Crippen molar-refractivity contribution < 1.29 is 14.4 Å². The van der Waals surface area contributed by atoms with Crippen molar-refractivity contribution in [2.24, 2.45) is 5.41 Å². The zero-order valence-corrected chi connectivity index (χ0v) is 14.4. The maximum Gasteiger partial charge on any atom is 0.240 e. The Labute approximate surface area is 151 Å². The lowest BCUT2D eigenvalue weighted by Crippen LogP contribution is -2.39. The van der Waals surface area contributed by atoms with Gasteiger partial charge >= 0.3 is 0 Å². The van der Waals surface area contributed by atoms with E-state index in [0.29, 0.717) is 24.2 Å². The molecule has 0 bridgehead atoms. The summed E-state index contributed by atoms with van der Waals surface area (Å²) in [5, 5.41) is 8.21. The summed E-state index contributed by atoms with van der Waals surface area (Å²) in [5.74, 6) is -0.823. The Balaban J connectivity index is 1.61. The maximum atomic E-state index is 12.6. The second-order valence-corrected chi connectivity index (χ2v) is 6.30. The molecule has 1 aliphatic carbocycles. The molecule has 1 saturated carbocycles. The summed E-state index contributed by atoms with van der Waals surface area (Å²) >= 11 is 0. The molecule has 134 valence electrons. The monoisotopic (exact) mass is 352 g/mol. The molecule has 0 atom stereocenters. The van der Waals surface area contributed by atoms with Crippen molar-refractivity contribution in [3.8, 4) is 0 Å². The highest BCUT2D eigenvalue weighted by Gasteiger charge is 2.56. The molecule has 0 spiro atoms. The fourth-order valence-corrected chi connectivity index (χ4v) is 2.65. The van der Waals surface area contributed by atoms with Gasteiger partial charge in [0, 0.05) is 24.5 Å². The number of hydrogen-bond acceptors (Lipinski definition) is 4. The van der Waals surface area contributed by atoms with Crippen LogP contribution in [0.4, 0.5) is 11.4 Å². The van der Waals surface area contributed by atoms with E-state index in [9.17, 15) is 14.4 Å². The second kappa shape index (κ2) is 7.35. The first-order chi connectivity index (χ1) is 12.5. The predicted molar refractivity (Wildman–Crippen MR) is 97.1 cm³/mol. The Morgan fingerprint density at radius 3 is 2.35 bits per heavy atom. The fourth-order valence-electron chi connectivity index (χ4n) is 2.65. The first kappa shape index (κ1) is 17.6. The molecule has 0 aliphatic heterocycles. The number of amides is 3. The van der Waals surface area contributed by atoms with Crippen molar-refractivity contribution in [1.29, 1.82) is 0 Å². The molecular weight excluding hydrogens is 332 g/mol. The highest BCUT2D eigenvalue weighted by atomic mass is 16.2. The standard InChI is InChI=1S/C19H20N4O3/c1-13(24)22-14-6-4-7-15(11-14)23-18(26)19(8-9-19)17(25)21-12-16-5-2-3-10-20-16/h2-7,10-11H,8-9,12H2,1H3,(H,21,25)(H,22,24)(H,23,26). The van der Waals surface area contributed by atoms with Gasteiger partial charge in [0.15, 0.2) is 0 Å². The van der Waals surface area contributed by atoms with Crippen LogP contribution in [0.1, 0.15) is 25.5 Å². The van der Waals surface area contributed by atoms with Crippen molar-refractivity contribution >= 4 is 29.1 Å². The third-order valence-corrected chi connectivity index (χ3v) is 4.22. The smallest absolute Gasteiger partial charge is 0.240 e. The quantitative estimate of drug-likeness (QED) is 0.693. The van der Waals surface area contributed by atoms with Crippen LogP contribution in [0.25, 0.3) is 0 Å². The van der Waals surface area contributed by atoms with Crippen molar-refractivity contribution in [3.05, 3.63) is 54.4 Å². The first-order valence-electron chi connectivity index (χ1n) is 8.37. The van der Waals surface area contributed by atoms with Crippen LogP contribution in [0.2, 0.25) is 0 Å². The Kier molecular flexibility index (Phi) is 4.97. The lowest BCUT2D eigenvalue weighted by Gasteiger charge is -2.16. The van der Waals surface area contributed by atoms with E-state index in [1.807, 2.05) is 12.1 Å². The number of aromatic nitrogens is 1. The van der Waals surface area contributed by atoms with Crippen molar-refractivity contribution in [1.82, 2.24) is 10.3 Å². The topological polar surface area (TPSA) is 100 Å². The van der Waals surface area contributed by atoms with E-state index in [0.717, 1.165) is 5.69 Å². The van der Waals surface area contributed by atoms with Crippen LogP contribution in [-0.4, -0.2) is 22.7 Å². The van der Waals surface area contributed by atoms with Crippen LogP contribution in [-0.2, 0) is 20.9 Å². The van der Waals surface area contributed by atoms with Gasteiger partial charge in [-0.2, -0.15) is 0 Å². The molecule has 0 radical (unpaired) electrons. The summed E-state index contributed by atoms with van der Waals surface area (Å²) in [5.41, 5.74) is 0.823. The van der Waals surface area contributed by atoms with E-state index in [2.05, 4.69) is 20.9 Å². The van der Waals surface area contributed by atoms with Crippen molar-refractivity contribution in [3.63, 3.8) is 0 Å². The van der Waals surface area contributed by atoms with E-state index < -0.39 is 5.41 Å². The molecule has 0 saturated heterocycles. The number of carbonyl (C=O) groups is 3. The largest absolute Gasteiger partial charge is 0.350 e. The van der Waals surface area contributed by atoms with Gasteiger partial charge in [0.05, 0.1) is 12.2 Å². The molecule has 26 heavy (non-hydrogen) atoms. The third-order valence-electron chi connectivity index (χ3n) is 4.22. The summed E-state index contributed by atoms with van der Waals surface area (Å²) in [6.07, 6.45) is 2.68. The highest BCUT2D eigenvalue weighted by molar-refractivity contribution is 6.13. The number of benzene rings is 1. The van der Waals surface area contributed by atoms with E-state index in [-0.39, 0.29) is 24.3 Å². The van der Waals surface area contributed by atoms with Gasteiger partial charge in [-0.1, -0.05) is 12.1 Å². The van der Waals surface area contributed by atoms with Crippen LogP contribution in [0.3, 0.4) is 0 Å². The highest BCUT2D eigenvalue weighted by Crippen LogP contribution is 2.47. The Morgan fingerprint density at radius 2 is 1.73 bits per heavy atom. The van der Waals surface area contributed by atoms with Gasteiger partial charge in [-0.25, -0.2) is 0 Å². The van der Waals surface area contributed by atoms with Gasteiger partial charge in [-0.3, -0.25) is 19.4 Å². The number of pyridine rings is 1. The zero-order chi connectivity index (χ0) is 18.6. The van der Waals surface area contributed by atoms with Crippen LogP contribution < -0.4 is 16.0 Å². The Hall–Kier alpha value is -3.22. The first-order valence-corrected chi connectivity index (χ1v) is 8.37. The van der Waals surface area contributed by atoms with Gasteiger partial charge in [0.2, 0.25) is 17.7 Å². The number of nitrogens with one attached hydrogen (secondary N) is 3. The van der Waals surface area contributed by atoms with Crippen LogP contribution in [0.15, 0.2) is 48.7 Å². The predicted octanol–water partition coefficient (Wildman–Crippen LogP) is 2.08. The molecule has 0 unspecified atom stereocenters. The summed E-state index contributed by atoms with van der Waals surface area (Å²) in [4.78, 5) is 40.4. The lowest BCUT2D eigenvalue weighted by atomic mass is 10.0. The fraction of sp³-hybridized carbons (Fsp3) is 0.263. The minimum absolute atomic E-state index is 0.193. The van der Waals surface area contributed by atoms with Gasteiger partial charge < -0.3 is 16.0 Å². The van der Waals surface area contributed by atoms with E-state index in [1.165, 1.54) is 6.92 Å². The molecule has 1 fully saturated rings. The normalized spacial score (nSPS) is 14.2. The molecule has 3 rings (SSSR count). The summed E-state index contributed by atoms with van der Waals surface area (Å²) < 4.78 is 0. The summed E-state index contributed by atoms with van der Waals surface area (Å²) in [6.45, 7) is 1.70. The molecule has 3 N–H and O–H groups in total. The molecule has 1 aliphatic rings. The molecule has 1 aromatic carbocycles. The summed E-state index contributed by atoms with van der Waals surface area (Å²) in [7, 11) is 0. The maximum absolute atomic E-state index is 12.6. The molecule has 2 aromatic rings. The minimum atomic E-state index is -1.03. The number of carbonyl (C=O) groups excluding carboxylic acids is 3. The molecule has 7 nitrogen and oxygen atoms in total. The van der Waals surface area contributed by atoms with E-state index in [1.54, 1.807) is 36.5 Å². The molecule has 3 amide bonds. The van der Waals surface area contributed by atoms with Gasteiger partial charge in [-0.15, -0.1) is 0 Å². The van der Waals surface area contributed by atoms with E-state index in [4.69, 9.17) is 0 Å². The molecule has 7 heteroatoms. The third kappa shape index (κ3) is 4.05. The number of rotatable bonds is 6. The molecular formula is C19H20N4O3. The molecule has 1 aromatic heterocycles. The zero-order valence-electron chi connectivity index (χ0n) is 14.4.